The van der Waals surface area contributed by atoms with Crippen LogP contribution < -0.4 is 15.4 Å². The molecule has 2 rings (SSSR count). The van der Waals surface area contributed by atoms with Gasteiger partial charge in [-0.1, -0.05) is 18.2 Å². The van der Waals surface area contributed by atoms with E-state index >= 15 is 0 Å². The van der Waals surface area contributed by atoms with E-state index in [2.05, 4.69) is 10.6 Å². The maximum atomic E-state index is 12.3. The van der Waals surface area contributed by atoms with Crippen molar-refractivity contribution >= 4 is 29.3 Å². The molecule has 0 saturated carbocycles. The van der Waals surface area contributed by atoms with Crippen molar-refractivity contribution in [2.75, 3.05) is 5.32 Å². The number of carbonyl (C=O) groups is 4. The van der Waals surface area contributed by atoms with Crippen LogP contribution in [0.1, 0.15) is 42.6 Å². The summed E-state index contributed by atoms with van der Waals surface area (Å²) in [6, 6.07) is 13.4. The van der Waals surface area contributed by atoms with E-state index in [4.69, 9.17) is 4.74 Å². The lowest BCUT2D eigenvalue weighted by Crippen LogP contribution is -2.22. The molecule has 0 unspecified atom stereocenters. The highest BCUT2D eigenvalue weighted by molar-refractivity contribution is 5.95. The first kappa shape index (κ1) is 20.8. The Morgan fingerprint density at radius 1 is 0.929 bits per heavy atom. The zero-order valence-corrected chi connectivity index (χ0v) is 15.8. The van der Waals surface area contributed by atoms with Crippen LogP contribution in [0.3, 0.4) is 0 Å². The van der Waals surface area contributed by atoms with Gasteiger partial charge in [-0.05, 0) is 42.8 Å². The second-order valence-electron chi connectivity index (χ2n) is 6.25. The number of ether oxygens (including phenoxy) is 1. The highest BCUT2D eigenvalue weighted by Gasteiger charge is 2.08. The molecule has 146 valence electrons. The van der Waals surface area contributed by atoms with Gasteiger partial charge < -0.3 is 20.2 Å². The molecule has 0 fully saturated rings. The van der Waals surface area contributed by atoms with Gasteiger partial charge in [-0.3, -0.25) is 14.4 Å². The summed E-state index contributed by atoms with van der Waals surface area (Å²) < 4.78 is 4.97. The number of anilines is 1. The van der Waals surface area contributed by atoms with Gasteiger partial charge in [-0.2, -0.15) is 0 Å². The maximum Gasteiger partial charge on any atom is 0.308 e. The van der Waals surface area contributed by atoms with Crippen LogP contribution in [0.2, 0.25) is 0 Å². The number of rotatable bonds is 8. The first-order valence-electron chi connectivity index (χ1n) is 8.78. The van der Waals surface area contributed by atoms with E-state index in [0.717, 1.165) is 5.56 Å². The molecule has 2 amide bonds. The molecule has 2 aromatic rings. The molecule has 0 spiro atoms. The van der Waals surface area contributed by atoms with Gasteiger partial charge in [0, 0.05) is 37.6 Å². The van der Waals surface area contributed by atoms with E-state index in [1.165, 1.54) is 19.9 Å². The Balaban J connectivity index is 1.87. The molecule has 0 aliphatic heterocycles. The van der Waals surface area contributed by atoms with Gasteiger partial charge in [0.05, 0.1) is 0 Å². The topological polar surface area (TPSA) is 102 Å². The van der Waals surface area contributed by atoms with Crippen LogP contribution in [0.15, 0.2) is 48.5 Å². The average molecular weight is 382 g/mol. The van der Waals surface area contributed by atoms with Crippen LogP contribution in [-0.4, -0.2) is 23.6 Å². The van der Waals surface area contributed by atoms with Crippen LogP contribution in [0.5, 0.6) is 5.75 Å². The van der Waals surface area contributed by atoms with Gasteiger partial charge in [0.1, 0.15) is 11.5 Å². The summed E-state index contributed by atoms with van der Waals surface area (Å²) in [5, 5.41) is 5.50. The minimum atomic E-state index is -0.453. The Morgan fingerprint density at radius 3 is 2.29 bits per heavy atom. The molecular formula is C21H22N2O5. The third-order valence-electron chi connectivity index (χ3n) is 3.75. The molecule has 2 aromatic carbocycles. The molecule has 0 aliphatic rings. The summed E-state index contributed by atoms with van der Waals surface area (Å²) >= 11 is 0. The predicted molar refractivity (Wildman–Crippen MR) is 104 cm³/mol. The van der Waals surface area contributed by atoms with E-state index in [1.54, 1.807) is 42.5 Å². The van der Waals surface area contributed by atoms with Crippen LogP contribution in [0.4, 0.5) is 5.69 Å². The number of hydrogen-bond acceptors (Lipinski definition) is 5. The molecule has 0 aromatic heterocycles. The first-order chi connectivity index (χ1) is 13.3. The Kier molecular flexibility index (Phi) is 7.45. The molecule has 0 saturated heterocycles. The van der Waals surface area contributed by atoms with Crippen molar-refractivity contribution in [2.45, 2.75) is 33.2 Å². The fourth-order valence-electron chi connectivity index (χ4n) is 2.37. The normalized spacial score (nSPS) is 10.1. The molecule has 7 nitrogen and oxygen atoms in total. The third kappa shape index (κ3) is 7.03. The number of hydrogen-bond donors (Lipinski definition) is 2. The molecule has 7 heteroatoms. The van der Waals surface area contributed by atoms with Crippen LogP contribution in [-0.2, 0) is 20.9 Å². The fraction of sp³-hybridized carbons (Fsp3) is 0.238. The molecule has 0 radical (unpaired) electrons. The fourth-order valence-corrected chi connectivity index (χ4v) is 2.37. The second kappa shape index (κ2) is 10.0. The van der Waals surface area contributed by atoms with Crippen LogP contribution in [0, 0.1) is 0 Å². The summed E-state index contributed by atoms with van der Waals surface area (Å²) in [6.07, 6.45) is 0.369. The number of amides is 2. The van der Waals surface area contributed by atoms with E-state index < -0.39 is 5.97 Å². The third-order valence-corrected chi connectivity index (χ3v) is 3.75. The van der Waals surface area contributed by atoms with Crippen molar-refractivity contribution in [1.29, 1.82) is 0 Å². The average Bonchev–Trinajstić information content (AvgIpc) is 2.65. The van der Waals surface area contributed by atoms with Gasteiger partial charge >= 0.3 is 5.97 Å². The van der Waals surface area contributed by atoms with Gasteiger partial charge in [0.15, 0.2) is 0 Å². The van der Waals surface area contributed by atoms with Crippen LogP contribution in [0.25, 0.3) is 0 Å². The van der Waals surface area contributed by atoms with Gasteiger partial charge in [-0.15, -0.1) is 0 Å². The standard InChI is InChI=1S/C21H22N2O5/c1-14(24)6-11-20(26)23-18-9-7-16(8-10-18)13-22-21(27)17-4-3-5-19(12-17)28-15(2)25/h3-5,7-10,12H,6,11,13H2,1-2H3,(H,22,27)(H,23,26). The Labute approximate surface area is 163 Å². The number of Topliss-reactive ketones (excluding diaryl/α,β-unsaturated/α-hetero) is 1. The smallest absolute Gasteiger partial charge is 0.308 e. The summed E-state index contributed by atoms with van der Waals surface area (Å²) in [7, 11) is 0. The zero-order chi connectivity index (χ0) is 20.5. The largest absolute Gasteiger partial charge is 0.427 e. The number of carbonyl (C=O) groups excluding carboxylic acids is 4. The highest BCUT2D eigenvalue weighted by Crippen LogP contribution is 2.14. The molecule has 0 atom stereocenters. The highest BCUT2D eigenvalue weighted by atomic mass is 16.5. The van der Waals surface area contributed by atoms with Crippen molar-refractivity contribution in [3.05, 3.63) is 59.7 Å². The molecule has 0 heterocycles. The predicted octanol–water partition coefficient (Wildman–Crippen LogP) is 2.85. The molecule has 28 heavy (non-hydrogen) atoms. The monoisotopic (exact) mass is 382 g/mol. The summed E-state index contributed by atoms with van der Waals surface area (Å²) in [4.78, 5) is 45.9. The van der Waals surface area contributed by atoms with E-state index in [0.29, 0.717) is 23.5 Å². The van der Waals surface area contributed by atoms with E-state index in [-0.39, 0.29) is 30.4 Å². The Bertz CT molecular complexity index is 875. The van der Waals surface area contributed by atoms with Gasteiger partial charge in [0.2, 0.25) is 5.91 Å². The van der Waals surface area contributed by atoms with Gasteiger partial charge in [-0.25, -0.2) is 0 Å². The lowest BCUT2D eigenvalue weighted by Gasteiger charge is -2.09. The minimum Gasteiger partial charge on any atom is -0.427 e. The van der Waals surface area contributed by atoms with Gasteiger partial charge in [0.25, 0.3) is 5.91 Å². The van der Waals surface area contributed by atoms with Crippen molar-refractivity contribution in [3.8, 4) is 5.75 Å². The minimum absolute atomic E-state index is 0.0281. The summed E-state index contributed by atoms with van der Waals surface area (Å²) in [6.45, 7) is 3.04. The SMILES string of the molecule is CC(=O)CCC(=O)Nc1ccc(CNC(=O)c2cccc(OC(C)=O)c2)cc1. The maximum absolute atomic E-state index is 12.3. The molecule has 2 N–H and O–H groups in total. The molecule has 0 aliphatic carbocycles. The number of nitrogens with one attached hydrogen (secondary N) is 2. The number of benzene rings is 2. The van der Waals surface area contributed by atoms with Crippen LogP contribution >= 0.6 is 0 Å². The number of esters is 1. The second-order valence-corrected chi connectivity index (χ2v) is 6.25. The van der Waals surface area contributed by atoms with Crippen molar-refractivity contribution in [2.24, 2.45) is 0 Å². The molecule has 0 bridgehead atoms. The first-order valence-corrected chi connectivity index (χ1v) is 8.78. The van der Waals surface area contributed by atoms with Crippen molar-refractivity contribution in [3.63, 3.8) is 0 Å². The van der Waals surface area contributed by atoms with E-state index in [1.807, 2.05) is 0 Å². The summed E-state index contributed by atoms with van der Waals surface area (Å²) in [5.41, 5.74) is 1.86. The lowest BCUT2D eigenvalue weighted by molar-refractivity contribution is -0.131. The zero-order valence-electron chi connectivity index (χ0n) is 15.8. The molecular weight excluding hydrogens is 360 g/mol. The number of ketones is 1. The lowest BCUT2D eigenvalue weighted by atomic mass is 10.1. The quantitative estimate of drug-likeness (QED) is 0.540. The van der Waals surface area contributed by atoms with E-state index in [9.17, 15) is 19.2 Å². The van der Waals surface area contributed by atoms with Crippen molar-refractivity contribution < 1.29 is 23.9 Å². The Morgan fingerprint density at radius 2 is 1.64 bits per heavy atom. The van der Waals surface area contributed by atoms with Crippen molar-refractivity contribution in [1.82, 2.24) is 5.32 Å². The Hall–Kier alpha value is -3.48. The summed E-state index contributed by atoms with van der Waals surface area (Å²) in [5.74, 6) is -0.685.